The van der Waals surface area contributed by atoms with Crippen molar-refractivity contribution >= 4 is 57.4 Å². The summed E-state index contributed by atoms with van der Waals surface area (Å²) in [6.07, 6.45) is 9.45. The van der Waals surface area contributed by atoms with E-state index in [2.05, 4.69) is 152 Å². The Balaban J connectivity index is 0.855. The van der Waals surface area contributed by atoms with Crippen LogP contribution in [0.2, 0.25) is 0 Å². The Morgan fingerprint density at radius 3 is 1.91 bits per heavy atom. The fourth-order valence-corrected chi connectivity index (χ4v) is 16.8. The second kappa shape index (κ2) is 20.2. The number of hydrogen-bond acceptors (Lipinski definition) is 6. The Kier molecular flexibility index (Phi) is 13.6. The van der Waals surface area contributed by atoms with Gasteiger partial charge in [0.05, 0.1) is 11.4 Å². The molecule has 1 aliphatic heterocycles. The van der Waals surface area contributed by atoms with Gasteiger partial charge in [-0.1, -0.05) is 56.7 Å². The van der Waals surface area contributed by atoms with Crippen LogP contribution in [0.25, 0.3) is 33.2 Å². The minimum atomic E-state index is -2.40. The zero-order chi connectivity index (χ0) is 47.5. The number of rotatable bonds is 17. The van der Waals surface area contributed by atoms with Gasteiger partial charge in [0.15, 0.2) is 0 Å². The molecule has 352 valence electrons. The first-order chi connectivity index (χ1) is 33.8. The van der Waals surface area contributed by atoms with Gasteiger partial charge in [-0.05, 0) is 73.5 Å². The number of carbonyl (C=O) groups is 3. The van der Waals surface area contributed by atoms with Gasteiger partial charge in [-0.15, -0.1) is 5.10 Å². The minimum absolute atomic E-state index is 0.0774. The van der Waals surface area contributed by atoms with Crippen molar-refractivity contribution in [2.24, 2.45) is 17.8 Å². The Labute approximate surface area is 407 Å². The number of amides is 3. The van der Waals surface area contributed by atoms with E-state index in [1.807, 2.05) is 24.3 Å². The Hall–Kier alpha value is -6.50. The summed E-state index contributed by atoms with van der Waals surface area (Å²) in [6, 6.07) is 48.8. The summed E-state index contributed by atoms with van der Waals surface area (Å²) < 4.78 is 0. The zero-order valence-electron chi connectivity index (χ0n) is 40.3. The monoisotopic (exact) mass is 933 g/mol. The van der Waals surface area contributed by atoms with Crippen molar-refractivity contribution in [1.29, 1.82) is 0 Å². The number of hydrogen-bond donors (Lipinski definition) is 2. The Morgan fingerprint density at radius 2 is 1.28 bits per heavy atom. The quantitative estimate of drug-likeness (QED) is 0.0536. The number of nitrogens with zero attached hydrogens (tertiary/aromatic N) is 3. The third kappa shape index (κ3) is 9.00. The zero-order valence-corrected chi connectivity index (χ0v) is 41.3. The molecule has 0 unspecified atom stereocenters. The summed E-state index contributed by atoms with van der Waals surface area (Å²) in [6.45, 7) is 7.69. The second-order valence-electron chi connectivity index (χ2n) is 19.6. The van der Waals surface area contributed by atoms with Gasteiger partial charge in [-0.25, -0.2) is 0 Å². The number of aryl methyl sites for hydroxylation is 1. The molecule has 9 heteroatoms. The maximum absolute atomic E-state index is 14.6. The molecule has 8 nitrogen and oxygen atoms in total. The van der Waals surface area contributed by atoms with Crippen LogP contribution in [0.1, 0.15) is 96.3 Å². The van der Waals surface area contributed by atoms with Crippen LogP contribution in [0.5, 0.6) is 0 Å². The van der Waals surface area contributed by atoms with E-state index in [1.165, 1.54) is 44.8 Å². The topological polar surface area (TPSA) is 104 Å². The average molecular weight is 934 g/mol. The third-order valence-corrected chi connectivity index (χ3v) is 20.7. The van der Waals surface area contributed by atoms with Crippen molar-refractivity contribution in [1.82, 2.24) is 20.4 Å². The number of nitrogens with one attached hydrogen (secondary N) is 2. The predicted molar refractivity (Wildman–Crippen MR) is 285 cm³/mol. The van der Waals surface area contributed by atoms with E-state index in [9.17, 15) is 14.4 Å². The number of anilines is 1. The molecule has 3 amide bonds. The van der Waals surface area contributed by atoms with Crippen LogP contribution in [0.15, 0.2) is 140 Å². The van der Waals surface area contributed by atoms with Gasteiger partial charge in [0, 0.05) is 28.7 Å². The van der Waals surface area contributed by atoms with Gasteiger partial charge in [0.1, 0.15) is 0 Å². The molecule has 7 aromatic rings. The number of carbonyl (C=O) groups excluding carboxylic acids is 3. The van der Waals surface area contributed by atoms with Gasteiger partial charge in [-0.2, -0.15) is 5.10 Å². The number of aromatic nitrogens is 2. The molecule has 69 heavy (non-hydrogen) atoms. The van der Waals surface area contributed by atoms with Crippen molar-refractivity contribution in [3.8, 4) is 22.4 Å². The Bertz CT molecular complexity index is 2900. The first-order valence-electron chi connectivity index (χ1n) is 25.4. The summed E-state index contributed by atoms with van der Waals surface area (Å²) >= 11 is 0. The molecule has 2 N–H and O–H groups in total. The third-order valence-electron chi connectivity index (χ3n) is 15.7. The van der Waals surface area contributed by atoms with Crippen molar-refractivity contribution in [2.45, 2.75) is 78.6 Å². The van der Waals surface area contributed by atoms with E-state index in [0.717, 1.165) is 108 Å². The molecule has 1 aromatic heterocycles. The molecule has 2 aliphatic carbocycles. The van der Waals surface area contributed by atoms with Gasteiger partial charge >= 0.3 is 224 Å². The van der Waals surface area contributed by atoms with Gasteiger partial charge in [0.25, 0.3) is 0 Å². The summed E-state index contributed by atoms with van der Waals surface area (Å²) in [5.41, 5.74) is 9.57. The number of imide groups is 1. The fraction of sp³-hybridized carbons (Fsp3) is 0.317. The van der Waals surface area contributed by atoms with E-state index >= 15 is 0 Å². The predicted octanol–water partition coefficient (Wildman–Crippen LogP) is 10.9. The molecular weight excluding hydrogens is 870 g/mol. The van der Waals surface area contributed by atoms with Crippen molar-refractivity contribution in [3.05, 3.63) is 167 Å². The number of unbranched alkanes of at least 4 members (excludes halogenated alkanes) is 2. The van der Waals surface area contributed by atoms with E-state index < -0.39 is 7.26 Å². The van der Waals surface area contributed by atoms with E-state index in [-0.39, 0.29) is 30.8 Å². The SMILES string of the molecule is CCCCNc1c(-c2ccc(-c3nnc(C)c4c3CC[C@@H]3[C@H](C)[C@@H]3CC4)cc2)cc2c3c(cccc13)C(=O)N(CCNC(=O)CCCC[PH](c1ccccc1)(c1ccccc1)c1ccccc1)C2=O. The van der Waals surface area contributed by atoms with Crippen molar-refractivity contribution in [3.63, 3.8) is 0 Å². The summed E-state index contributed by atoms with van der Waals surface area (Å²) in [7, 11) is -2.40. The van der Waals surface area contributed by atoms with Gasteiger partial charge in [0.2, 0.25) is 0 Å². The van der Waals surface area contributed by atoms with Crippen LogP contribution in [0, 0.1) is 24.7 Å². The molecule has 10 rings (SSSR count). The van der Waals surface area contributed by atoms with Crippen LogP contribution in [0.4, 0.5) is 5.69 Å². The number of fused-ring (bicyclic) bond motifs is 2. The molecule has 3 aliphatic rings. The summed E-state index contributed by atoms with van der Waals surface area (Å²) in [5.74, 6) is 1.71. The standard InChI is InChI=1S/C60H64N5O3P/c1-4-5-35-62-58-51-24-17-25-52-56(51)54(39-53(58)42-27-29-43(30-28-42)57-50-34-32-48-40(2)47(48)31-33-49(50)41(3)63-64-57)60(68)65(59(52)67)37-36-61-55(66)26-15-16-38-69(44-18-9-6-10-19-44,45-20-11-7-12-21-45)46-22-13-8-14-23-46/h6-14,17-25,27-30,39-40,47-48,62,69H,4-5,15-16,26,31-38H2,1-3H3,(H,61,66)/t40-,47+,48-/m1/s1. The van der Waals surface area contributed by atoms with E-state index in [4.69, 9.17) is 5.10 Å². The van der Waals surface area contributed by atoms with Crippen LogP contribution in [-0.4, -0.2) is 58.6 Å². The first-order valence-corrected chi connectivity index (χ1v) is 27.6. The summed E-state index contributed by atoms with van der Waals surface area (Å²) in [4.78, 5) is 43.5. The molecule has 6 aromatic carbocycles. The van der Waals surface area contributed by atoms with Crippen LogP contribution in [-0.2, 0) is 17.6 Å². The summed E-state index contributed by atoms with van der Waals surface area (Å²) in [5, 5.41) is 21.8. The molecule has 0 spiro atoms. The normalized spacial score (nSPS) is 17.7. The molecule has 0 bridgehead atoms. The Morgan fingerprint density at radius 1 is 0.667 bits per heavy atom. The van der Waals surface area contributed by atoms with Crippen LogP contribution >= 0.6 is 7.26 Å². The molecule has 2 heterocycles. The fourth-order valence-electron chi connectivity index (χ4n) is 11.9. The molecule has 0 saturated heterocycles. The van der Waals surface area contributed by atoms with E-state index in [1.54, 1.807) is 0 Å². The average Bonchev–Trinajstić information content (AvgIpc) is 4.00. The first kappa shape index (κ1) is 46.2. The van der Waals surface area contributed by atoms with Crippen LogP contribution < -0.4 is 26.5 Å². The van der Waals surface area contributed by atoms with Gasteiger partial charge < -0.3 is 5.32 Å². The molecular formula is C60H64N5O3P. The second-order valence-corrected chi connectivity index (χ2v) is 23.7. The van der Waals surface area contributed by atoms with E-state index in [0.29, 0.717) is 22.9 Å². The molecule has 1 fully saturated rings. The molecule has 0 radical (unpaired) electrons. The maximum atomic E-state index is 14.6. The number of benzene rings is 6. The van der Waals surface area contributed by atoms with Crippen LogP contribution in [0.3, 0.4) is 0 Å². The molecule has 3 atom stereocenters. The van der Waals surface area contributed by atoms with Crippen molar-refractivity contribution in [2.75, 3.05) is 31.1 Å². The molecule has 1 saturated carbocycles. The van der Waals surface area contributed by atoms with Crippen molar-refractivity contribution < 1.29 is 14.4 Å². The van der Waals surface area contributed by atoms with Gasteiger partial charge in [-0.3, -0.25) is 0 Å².